The Bertz CT molecular complexity index is 263. The zero-order valence-corrected chi connectivity index (χ0v) is 11.5. The number of alkyl halides is 3. The molecule has 0 aliphatic heterocycles. The lowest BCUT2D eigenvalue weighted by atomic mass is 9.66. The third-order valence-electron chi connectivity index (χ3n) is 5.38. The topological polar surface area (TPSA) is 0 Å². The zero-order chi connectivity index (χ0) is 13.3. The van der Waals surface area contributed by atoms with E-state index in [1.165, 1.54) is 12.8 Å². The fourth-order valence-corrected chi connectivity index (χ4v) is 4.00. The summed E-state index contributed by atoms with van der Waals surface area (Å²) in [6, 6.07) is 0. The van der Waals surface area contributed by atoms with Crippen LogP contribution in [-0.4, -0.2) is 6.18 Å². The van der Waals surface area contributed by atoms with Gasteiger partial charge in [0.05, 0.1) is 5.92 Å². The molecule has 2 aliphatic rings. The summed E-state index contributed by atoms with van der Waals surface area (Å²) in [7, 11) is 0. The molecule has 0 heterocycles. The van der Waals surface area contributed by atoms with E-state index in [0.29, 0.717) is 18.3 Å². The lowest BCUT2D eigenvalue weighted by Crippen LogP contribution is -2.37. The Labute approximate surface area is 108 Å². The first-order valence-corrected chi connectivity index (χ1v) is 7.44. The fraction of sp³-hybridized carbons (Fsp3) is 1.00. The van der Waals surface area contributed by atoms with E-state index in [4.69, 9.17) is 0 Å². The Morgan fingerprint density at radius 2 is 1.33 bits per heavy atom. The van der Waals surface area contributed by atoms with Gasteiger partial charge in [-0.25, -0.2) is 0 Å². The van der Waals surface area contributed by atoms with Gasteiger partial charge >= 0.3 is 6.18 Å². The van der Waals surface area contributed by atoms with E-state index in [0.717, 1.165) is 31.6 Å². The van der Waals surface area contributed by atoms with Gasteiger partial charge in [-0.15, -0.1) is 0 Å². The molecular formula is C15H25F3. The molecule has 2 aliphatic carbocycles. The second-order valence-corrected chi connectivity index (χ2v) is 6.72. The van der Waals surface area contributed by atoms with Gasteiger partial charge in [0.25, 0.3) is 0 Å². The SMILES string of the molecule is CC1CCC(C2CC[C@H](C)[C@H](C(F)(F)F)C2)CC1. The molecule has 0 aromatic carbocycles. The van der Waals surface area contributed by atoms with Crippen LogP contribution in [0.1, 0.15) is 58.8 Å². The second-order valence-electron chi connectivity index (χ2n) is 6.72. The third kappa shape index (κ3) is 3.21. The first-order valence-electron chi connectivity index (χ1n) is 7.44. The predicted molar refractivity (Wildman–Crippen MR) is 67.2 cm³/mol. The van der Waals surface area contributed by atoms with E-state index >= 15 is 0 Å². The lowest BCUT2D eigenvalue weighted by Gasteiger charge is -2.41. The van der Waals surface area contributed by atoms with Crippen LogP contribution in [-0.2, 0) is 0 Å². The highest BCUT2D eigenvalue weighted by molar-refractivity contribution is 4.86. The molecule has 0 nitrogen and oxygen atoms in total. The van der Waals surface area contributed by atoms with Gasteiger partial charge in [0.2, 0.25) is 0 Å². The van der Waals surface area contributed by atoms with Crippen LogP contribution in [0, 0.1) is 29.6 Å². The normalized spacial score (nSPS) is 42.8. The van der Waals surface area contributed by atoms with Gasteiger partial charge in [-0.3, -0.25) is 0 Å². The molecule has 2 saturated carbocycles. The van der Waals surface area contributed by atoms with E-state index < -0.39 is 12.1 Å². The molecule has 0 aromatic heterocycles. The predicted octanol–water partition coefficient (Wildman–Crippen LogP) is 5.43. The van der Waals surface area contributed by atoms with Crippen LogP contribution in [0.2, 0.25) is 0 Å². The van der Waals surface area contributed by atoms with Crippen molar-refractivity contribution in [2.45, 2.75) is 65.0 Å². The molecule has 18 heavy (non-hydrogen) atoms. The highest BCUT2D eigenvalue weighted by atomic mass is 19.4. The van der Waals surface area contributed by atoms with Gasteiger partial charge in [-0.05, 0) is 55.8 Å². The molecule has 3 atom stereocenters. The summed E-state index contributed by atoms with van der Waals surface area (Å²) < 4.78 is 39.0. The minimum atomic E-state index is -3.99. The fourth-order valence-electron chi connectivity index (χ4n) is 4.00. The summed E-state index contributed by atoms with van der Waals surface area (Å²) in [5.41, 5.74) is 0. The summed E-state index contributed by atoms with van der Waals surface area (Å²) >= 11 is 0. The first-order chi connectivity index (χ1) is 8.38. The largest absolute Gasteiger partial charge is 0.392 e. The average molecular weight is 262 g/mol. The maximum absolute atomic E-state index is 13.0. The summed E-state index contributed by atoms with van der Waals surface area (Å²) in [5.74, 6) is 0.459. The Balaban J connectivity index is 1.95. The standard InChI is InChI=1S/C15H25F3/c1-10-3-6-12(7-4-10)13-8-5-11(2)14(9-13)15(16,17)18/h10-14H,3-9H2,1-2H3/t10?,11-,12?,13?,14+/m0/s1. The molecule has 106 valence electrons. The molecule has 0 bridgehead atoms. The summed E-state index contributed by atoms with van der Waals surface area (Å²) in [6.45, 7) is 4.04. The summed E-state index contributed by atoms with van der Waals surface area (Å²) in [6.07, 6.45) is 2.94. The first kappa shape index (κ1) is 14.2. The molecule has 0 saturated heterocycles. The zero-order valence-electron chi connectivity index (χ0n) is 11.5. The molecular weight excluding hydrogens is 237 g/mol. The molecule has 2 rings (SSSR count). The van der Waals surface area contributed by atoms with Crippen LogP contribution in [0.4, 0.5) is 13.2 Å². The molecule has 1 unspecified atom stereocenters. The van der Waals surface area contributed by atoms with Crippen molar-refractivity contribution in [3.8, 4) is 0 Å². The summed E-state index contributed by atoms with van der Waals surface area (Å²) in [4.78, 5) is 0. The summed E-state index contributed by atoms with van der Waals surface area (Å²) in [5, 5.41) is 0. The van der Waals surface area contributed by atoms with Crippen molar-refractivity contribution in [3.63, 3.8) is 0 Å². The van der Waals surface area contributed by atoms with Crippen molar-refractivity contribution in [3.05, 3.63) is 0 Å². The van der Waals surface area contributed by atoms with Crippen LogP contribution >= 0.6 is 0 Å². The quantitative estimate of drug-likeness (QED) is 0.591. The van der Waals surface area contributed by atoms with Crippen LogP contribution in [0.15, 0.2) is 0 Å². The second kappa shape index (κ2) is 5.42. The average Bonchev–Trinajstić information content (AvgIpc) is 2.29. The van der Waals surface area contributed by atoms with Crippen LogP contribution in [0.5, 0.6) is 0 Å². The van der Waals surface area contributed by atoms with Crippen molar-refractivity contribution < 1.29 is 13.2 Å². The van der Waals surface area contributed by atoms with Gasteiger partial charge in [0, 0.05) is 0 Å². The maximum Gasteiger partial charge on any atom is 0.392 e. The van der Waals surface area contributed by atoms with Crippen molar-refractivity contribution >= 4 is 0 Å². The lowest BCUT2D eigenvalue weighted by molar-refractivity contribution is -0.200. The monoisotopic (exact) mass is 262 g/mol. The minimum Gasteiger partial charge on any atom is -0.171 e. The van der Waals surface area contributed by atoms with E-state index in [-0.39, 0.29) is 5.92 Å². The van der Waals surface area contributed by atoms with Crippen molar-refractivity contribution in [1.29, 1.82) is 0 Å². The Kier molecular flexibility index (Phi) is 4.28. The smallest absolute Gasteiger partial charge is 0.171 e. The Morgan fingerprint density at radius 3 is 1.89 bits per heavy atom. The number of halogens is 3. The highest BCUT2D eigenvalue weighted by Crippen LogP contribution is 2.48. The van der Waals surface area contributed by atoms with Gasteiger partial charge < -0.3 is 0 Å². The number of hydrogen-bond donors (Lipinski definition) is 0. The molecule has 0 aromatic rings. The van der Waals surface area contributed by atoms with Crippen LogP contribution < -0.4 is 0 Å². The molecule has 0 N–H and O–H groups in total. The van der Waals surface area contributed by atoms with Gasteiger partial charge in [-0.2, -0.15) is 13.2 Å². The molecule has 3 heteroatoms. The van der Waals surface area contributed by atoms with Crippen LogP contribution in [0.3, 0.4) is 0 Å². The number of rotatable bonds is 1. The molecule has 0 radical (unpaired) electrons. The molecule has 0 spiro atoms. The van der Waals surface area contributed by atoms with E-state index in [2.05, 4.69) is 6.92 Å². The van der Waals surface area contributed by atoms with Gasteiger partial charge in [0.1, 0.15) is 0 Å². The molecule has 2 fully saturated rings. The van der Waals surface area contributed by atoms with Crippen molar-refractivity contribution in [2.24, 2.45) is 29.6 Å². The Hall–Kier alpha value is -0.210. The minimum absolute atomic E-state index is 0.177. The third-order valence-corrected chi connectivity index (χ3v) is 5.38. The van der Waals surface area contributed by atoms with E-state index in [1.807, 2.05) is 0 Å². The van der Waals surface area contributed by atoms with Crippen molar-refractivity contribution in [2.75, 3.05) is 0 Å². The van der Waals surface area contributed by atoms with E-state index in [1.54, 1.807) is 6.92 Å². The Morgan fingerprint density at radius 1 is 0.778 bits per heavy atom. The van der Waals surface area contributed by atoms with E-state index in [9.17, 15) is 13.2 Å². The van der Waals surface area contributed by atoms with Crippen molar-refractivity contribution in [1.82, 2.24) is 0 Å². The van der Waals surface area contributed by atoms with Gasteiger partial charge in [0.15, 0.2) is 0 Å². The number of hydrogen-bond acceptors (Lipinski definition) is 0. The maximum atomic E-state index is 13.0. The van der Waals surface area contributed by atoms with Crippen LogP contribution in [0.25, 0.3) is 0 Å². The molecule has 0 amide bonds. The highest BCUT2D eigenvalue weighted by Gasteiger charge is 2.47. The van der Waals surface area contributed by atoms with Gasteiger partial charge in [-0.1, -0.05) is 26.7 Å².